The van der Waals surface area contributed by atoms with Gasteiger partial charge in [-0.2, -0.15) is 15.8 Å². The molecule has 0 unspecified atom stereocenters. The Hall–Kier alpha value is -11.5. The number of piperidine rings is 1. The van der Waals surface area contributed by atoms with Crippen LogP contribution in [0.1, 0.15) is 222 Å². The number of aromatic amines is 2. The van der Waals surface area contributed by atoms with Gasteiger partial charge in [-0.15, -0.1) is 0 Å². The number of rotatable bonds is 10. The Morgan fingerprint density at radius 3 is 1.02 bits per heavy atom. The number of allylic oxidation sites excluding steroid dienone is 4. The van der Waals surface area contributed by atoms with E-state index in [9.17, 15) is 29.0 Å². The molecular formula is C98H95F5N8. The van der Waals surface area contributed by atoms with Gasteiger partial charge in [0.25, 0.3) is 0 Å². The lowest BCUT2D eigenvalue weighted by Crippen LogP contribution is -2.32. The molecule has 0 radical (unpaired) electrons. The molecule has 0 saturated carbocycles. The third-order valence-corrected chi connectivity index (χ3v) is 21.9. The maximum absolute atomic E-state index is 15.7. The minimum atomic E-state index is -2.39. The lowest BCUT2D eigenvalue weighted by Gasteiger charge is -2.34. The number of aromatic nitrogens is 4. The van der Waals surface area contributed by atoms with Crippen molar-refractivity contribution in [2.45, 2.75) is 176 Å². The van der Waals surface area contributed by atoms with Gasteiger partial charge in [0.15, 0.2) is 23.3 Å². The Morgan fingerprint density at radius 2 is 0.694 bits per heavy atom. The predicted octanol–water partition coefficient (Wildman–Crippen LogP) is 26.1. The predicted molar refractivity (Wildman–Crippen MR) is 447 cm³/mol. The monoisotopic (exact) mass is 1480 g/mol. The van der Waals surface area contributed by atoms with Crippen molar-refractivity contribution in [2.75, 3.05) is 18.0 Å². The number of nitrogens with zero attached hydrogens (tertiary/aromatic N) is 6. The molecule has 13 heteroatoms. The molecule has 1 saturated heterocycles. The number of nitriles is 3. The molecule has 562 valence electrons. The summed E-state index contributed by atoms with van der Waals surface area (Å²) in [7, 11) is 0. The van der Waals surface area contributed by atoms with Gasteiger partial charge in [-0.05, 0) is 184 Å². The molecule has 7 aromatic carbocycles. The van der Waals surface area contributed by atoms with Gasteiger partial charge >= 0.3 is 0 Å². The van der Waals surface area contributed by atoms with E-state index in [2.05, 4.69) is 267 Å². The van der Waals surface area contributed by atoms with Crippen molar-refractivity contribution in [3.63, 3.8) is 0 Å². The van der Waals surface area contributed by atoms with Crippen molar-refractivity contribution in [1.29, 1.82) is 15.8 Å². The molecule has 0 atom stereocenters. The van der Waals surface area contributed by atoms with E-state index in [1.165, 1.54) is 51.1 Å². The van der Waals surface area contributed by atoms with E-state index in [1.54, 1.807) is 48.5 Å². The Bertz CT molecular complexity index is 5630. The summed E-state index contributed by atoms with van der Waals surface area (Å²) >= 11 is 0. The van der Waals surface area contributed by atoms with Gasteiger partial charge in [0.05, 0.1) is 33.9 Å². The summed E-state index contributed by atoms with van der Waals surface area (Å²) in [5, 5.41) is 31.5. The Balaban J connectivity index is 0.965. The van der Waals surface area contributed by atoms with Crippen molar-refractivity contribution in [1.82, 2.24) is 19.9 Å². The van der Waals surface area contributed by atoms with Gasteiger partial charge in [-0.25, -0.2) is 31.9 Å². The summed E-state index contributed by atoms with van der Waals surface area (Å²) in [6.45, 7) is 42.3. The fourth-order valence-electron chi connectivity index (χ4n) is 15.2. The summed E-state index contributed by atoms with van der Waals surface area (Å²) in [5.74, 6) is -11.2. The standard InChI is InChI=1S/C98H95F5N8/c1-93(2,3)65-44-61(45-66(50-65)94(4,5)6)84-75-34-32-73(107-75)83(60-26-24-56(25-27-60)57-40-42-111(43-41-57)71-30-28-59(29-31-71)81(64(53-104)54-105)82(58-22-20-19-21-23-58)72(55-106)87-88(99)90(101)92(103)91(102)89(87)100)74-33-35-76(108-74)85(62-46-67(95(7,8)9)51-68(47-62)96(10,11)12)78-37-39-80(110-78)86(79-38-36-77(84)109-79)63-48-69(97(13,14)15)52-70(49-63)98(16,17)18/h19-39,44-52,57,107,110H,40-43H2,1-18H3/b82-72+,83-73?,83-74?,84-75?,84-77?,85-76?,85-78?,86-79?,86-80?. The largest absolute Gasteiger partial charge is 0.371 e. The third-order valence-electron chi connectivity index (χ3n) is 21.9. The second-order valence-electron chi connectivity index (χ2n) is 36.0. The minimum Gasteiger partial charge on any atom is -0.371 e. The van der Waals surface area contributed by atoms with E-state index >= 15 is 8.78 Å². The molecule has 10 aromatic rings. The highest BCUT2D eigenvalue weighted by Crippen LogP contribution is 2.47. The average molecular weight is 1480 g/mol. The molecule has 1 fully saturated rings. The number of hydrogen-bond donors (Lipinski definition) is 2. The zero-order valence-electron chi connectivity index (χ0n) is 66.8. The summed E-state index contributed by atoms with van der Waals surface area (Å²) in [4.78, 5) is 22.0. The van der Waals surface area contributed by atoms with Crippen LogP contribution in [0, 0.1) is 63.1 Å². The molecule has 0 amide bonds. The van der Waals surface area contributed by atoms with Crippen molar-refractivity contribution >= 4 is 68.8 Å². The van der Waals surface area contributed by atoms with Gasteiger partial charge < -0.3 is 14.9 Å². The fourth-order valence-corrected chi connectivity index (χ4v) is 15.2. The van der Waals surface area contributed by atoms with E-state index in [-0.39, 0.29) is 60.7 Å². The molecule has 8 bridgehead atoms. The first-order valence-corrected chi connectivity index (χ1v) is 38.1. The Labute approximate surface area is 650 Å². The summed E-state index contributed by atoms with van der Waals surface area (Å²) < 4.78 is 75.6. The molecular weight excluding hydrogens is 1380 g/mol. The lowest BCUT2D eigenvalue weighted by atomic mass is 9.78. The lowest BCUT2D eigenvalue weighted by molar-refractivity contribution is 0.376. The highest BCUT2D eigenvalue weighted by atomic mass is 19.2. The van der Waals surface area contributed by atoms with Gasteiger partial charge in [0.2, 0.25) is 5.82 Å². The molecule has 0 spiro atoms. The van der Waals surface area contributed by atoms with Crippen molar-refractivity contribution in [3.8, 4) is 62.7 Å². The van der Waals surface area contributed by atoms with Crippen molar-refractivity contribution < 1.29 is 22.0 Å². The van der Waals surface area contributed by atoms with Gasteiger partial charge in [0, 0.05) is 74.2 Å². The van der Waals surface area contributed by atoms with Crippen LogP contribution in [0.5, 0.6) is 0 Å². The fraction of sp³-hybridized carbons (Fsp3) is 0.296. The minimum absolute atomic E-state index is 0.0876. The van der Waals surface area contributed by atoms with Crippen LogP contribution in [0.25, 0.3) is 108 Å². The average Bonchev–Trinajstić information content (AvgIpc) is 1.67. The zero-order chi connectivity index (χ0) is 79.9. The Morgan fingerprint density at radius 1 is 0.369 bits per heavy atom. The first-order chi connectivity index (χ1) is 52.2. The van der Waals surface area contributed by atoms with Crippen molar-refractivity contribution in [2.24, 2.45) is 0 Å². The summed E-state index contributed by atoms with van der Waals surface area (Å²) in [6, 6.07) is 58.8. The highest BCUT2D eigenvalue weighted by molar-refractivity contribution is 6.19. The van der Waals surface area contributed by atoms with E-state index < -0.39 is 45.8 Å². The van der Waals surface area contributed by atoms with E-state index in [4.69, 9.17) is 9.97 Å². The van der Waals surface area contributed by atoms with Gasteiger partial charge in [-0.3, -0.25) is 0 Å². The summed E-state index contributed by atoms with van der Waals surface area (Å²) in [6.07, 6.45) is 10.3. The number of H-pyrrole nitrogens is 2. The van der Waals surface area contributed by atoms with Crippen LogP contribution >= 0.6 is 0 Å². The maximum Gasteiger partial charge on any atom is 0.200 e. The second-order valence-corrected chi connectivity index (χ2v) is 36.0. The topological polar surface area (TPSA) is 132 Å². The van der Waals surface area contributed by atoms with Crippen LogP contribution in [-0.4, -0.2) is 33.0 Å². The van der Waals surface area contributed by atoms with Crippen LogP contribution in [0.3, 0.4) is 0 Å². The molecule has 3 aliphatic rings. The molecule has 8 nitrogen and oxygen atoms in total. The molecule has 3 aromatic heterocycles. The van der Waals surface area contributed by atoms with Crippen LogP contribution < -0.4 is 4.90 Å². The highest BCUT2D eigenvalue weighted by Gasteiger charge is 2.34. The van der Waals surface area contributed by atoms with Gasteiger partial charge in [0.1, 0.15) is 23.8 Å². The number of benzene rings is 7. The number of nitrogens with one attached hydrogen (secondary N) is 2. The first kappa shape index (κ1) is 77.7. The van der Waals surface area contributed by atoms with E-state index in [1.807, 2.05) is 12.1 Å². The maximum atomic E-state index is 15.7. The normalized spacial score (nSPS) is 13.9. The van der Waals surface area contributed by atoms with E-state index in [0.717, 1.165) is 108 Å². The second kappa shape index (κ2) is 29.1. The molecule has 3 aliphatic heterocycles. The number of hydrogen-bond acceptors (Lipinski definition) is 6. The SMILES string of the molecule is CC(C)(C)c1cc(-c2c3nc(c(-c4cc(C(C)(C)C)cc(C(C)(C)C)c4)c4ccc([nH]4)c(-c4cc(C(C)(C)C)cc(C(C)(C)C)c4)c4nc(c(-c5ccc(C6CCN(c7ccc(C(=C(C#N)C#N)/C(=C(\C#N)c8c(F)c(F)c(F)c(F)c8F)c8ccccc8)cc7)CC6)cc5)c5ccc2[nH]5)C=C4)C=C3)cc(C(C)(C)C)c1. The molecule has 111 heavy (non-hydrogen) atoms. The first-order valence-electron chi connectivity index (χ1n) is 38.1. The number of anilines is 1. The van der Waals surface area contributed by atoms with Crippen molar-refractivity contribution in [3.05, 3.63) is 271 Å². The Kier molecular flexibility index (Phi) is 20.4. The van der Waals surface area contributed by atoms with E-state index in [0.29, 0.717) is 13.1 Å². The summed E-state index contributed by atoms with van der Waals surface area (Å²) in [5.41, 5.74) is 20.0. The molecule has 6 heterocycles. The number of fused-ring (bicyclic) bond motifs is 8. The van der Waals surface area contributed by atoms with Crippen LogP contribution in [0.4, 0.5) is 27.6 Å². The third kappa shape index (κ3) is 15.4. The smallest absolute Gasteiger partial charge is 0.200 e. The zero-order valence-corrected chi connectivity index (χ0v) is 66.8. The van der Waals surface area contributed by atoms with Crippen LogP contribution in [0.2, 0.25) is 0 Å². The quantitative estimate of drug-likeness (QED) is 0.0350. The molecule has 13 rings (SSSR count). The van der Waals surface area contributed by atoms with Gasteiger partial charge in [-0.1, -0.05) is 246 Å². The molecule has 2 N–H and O–H groups in total. The van der Waals surface area contributed by atoms with Crippen LogP contribution in [-0.2, 0) is 32.5 Å². The molecule has 0 aliphatic carbocycles. The van der Waals surface area contributed by atoms with Crippen LogP contribution in [0.15, 0.2) is 163 Å². The number of halogens is 5.